The maximum atomic E-state index is 13.2. The van der Waals surface area contributed by atoms with Gasteiger partial charge < -0.3 is 9.47 Å². The molecule has 1 saturated heterocycles. The number of hydrogen-bond acceptors (Lipinski definition) is 7. The molecule has 1 aromatic carbocycles. The normalized spacial score (nSPS) is 15.4. The molecule has 4 rings (SSSR count). The first-order valence-electron chi connectivity index (χ1n) is 9.07. The molecule has 0 unspecified atom stereocenters. The second kappa shape index (κ2) is 8.78. The van der Waals surface area contributed by atoms with Crippen molar-refractivity contribution in [3.8, 4) is 11.6 Å². The number of benzene rings is 1. The second-order valence-corrected chi connectivity index (χ2v) is 7.98. The third-order valence-corrected chi connectivity index (χ3v) is 5.74. The fraction of sp³-hybridized carbons (Fsp3) is 0.143. The molecule has 152 valence electrons. The molecule has 0 spiro atoms. The average molecular weight is 440 g/mol. The van der Waals surface area contributed by atoms with Gasteiger partial charge in [-0.2, -0.15) is 4.98 Å². The fourth-order valence-electron chi connectivity index (χ4n) is 2.89. The van der Waals surface area contributed by atoms with Gasteiger partial charge in [0.25, 0.3) is 11.5 Å². The molecule has 7 nitrogen and oxygen atoms in total. The number of thioether (sulfide) groups is 1. The summed E-state index contributed by atoms with van der Waals surface area (Å²) in [7, 11) is 1.56. The van der Waals surface area contributed by atoms with Crippen LogP contribution in [0, 0.1) is 0 Å². The van der Waals surface area contributed by atoms with Crippen molar-refractivity contribution in [2.24, 2.45) is 0 Å². The molecule has 1 amide bonds. The fourth-order valence-corrected chi connectivity index (χ4v) is 4.18. The highest BCUT2D eigenvalue weighted by Gasteiger charge is 2.32. The molecule has 0 atom stereocenters. The lowest BCUT2D eigenvalue weighted by atomic mass is 10.2. The number of carbonyl (C=O) groups is 1. The summed E-state index contributed by atoms with van der Waals surface area (Å²) in [6, 6.07) is 14.3. The highest BCUT2D eigenvalue weighted by Crippen LogP contribution is 2.33. The number of para-hydroxylation sites is 1. The Labute approximate surface area is 181 Å². The van der Waals surface area contributed by atoms with E-state index in [1.165, 1.54) is 15.4 Å². The number of aromatic nitrogens is 2. The first-order valence-corrected chi connectivity index (χ1v) is 10.3. The number of rotatable bonds is 6. The zero-order valence-electron chi connectivity index (χ0n) is 16.0. The molecule has 2 aromatic heterocycles. The molecule has 0 aliphatic carbocycles. The van der Waals surface area contributed by atoms with Gasteiger partial charge in [0.15, 0.2) is 0 Å². The molecule has 0 saturated carbocycles. The van der Waals surface area contributed by atoms with E-state index in [1.54, 1.807) is 43.6 Å². The first kappa shape index (κ1) is 20.3. The predicted octanol–water partition coefficient (Wildman–Crippen LogP) is 3.33. The SMILES string of the molecule is COCCN1C(=O)/C(=C\c2c(Oc3ccccc3)nc3ccccn3c2=O)SC1=S. The van der Waals surface area contributed by atoms with Gasteiger partial charge in [-0.1, -0.05) is 48.2 Å². The maximum absolute atomic E-state index is 13.2. The van der Waals surface area contributed by atoms with Crippen molar-refractivity contribution in [2.45, 2.75) is 0 Å². The van der Waals surface area contributed by atoms with Crippen molar-refractivity contribution in [3.05, 3.63) is 75.6 Å². The number of ether oxygens (including phenoxy) is 2. The molecular weight excluding hydrogens is 422 g/mol. The maximum Gasteiger partial charge on any atom is 0.269 e. The third-order valence-electron chi connectivity index (χ3n) is 4.36. The molecule has 1 fully saturated rings. The Kier molecular flexibility index (Phi) is 5.93. The van der Waals surface area contributed by atoms with E-state index in [9.17, 15) is 9.59 Å². The van der Waals surface area contributed by atoms with E-state index in [1.807, 2.05) is 18.2 Å². The molecule has 9 heteroatoms. The minimum absolute atomic E-state index is 0.125. The van der Waals surface area contributed by atoms with E-state index in [0.29, 0.717) is 33.8 Å². The van der Waals surface area contributed by atoms with Crippen molar-refractivity contribution in [1.29, 1.82) is 0 Å². The van der Waals surface area contributed by atoms with Crippen LogP contribution in [-0.2, 0) is 9.53 Å². The van der Waals surface area contributed by atoms with Crippen LogP contribution in [0.2, 0.25) is 0 Å². The Morgan fingerprint density at radius 2 is 1.90 bits per heavy atom. The molecule has 30 heavy (non-hydrogen) atoms. The van der Waals surface area contributed by atoms with Crippen LogP contribution in [0.4, 0.5) is 0 Å². The summed E-state index contributed by atoms with van der Waals surface area (Å²) in [6.07, 6.45) is 3.12. The molecule has 0 N–H and O–H groups in total. The molecule has 1 aliphatic heterocycles. The Bertz CT molecular complexity index is 1210. The van der Waals surface area contributed by atoms with Crippen LogP contribution in [-0.4, -0.2) is 44.8 Å². The van der Waals surface area contributed by atoms with Crippen molar-refractivity contribution >= 4 is 45.9 Å². The quantitative estimate of drug-likeness (QED) is 0.431. The minimum Gasteiger partial charge on any atom is -0.438 e. The number of nitrogens with zero attached hydrogens (tertiary/aromatic N) is 3. The summed E-state index contributed by atoms with van der Waals surface area (Å²) in [5.74, 6) is 0.386. The molecular formula is C21H17N3O4S2. The smallest absolute Gasteiger partial charge is 0.269 e. The summed E-state index contributed by atoms with van der Waals surface area (Å²) in [5, 5.41) is 0. The highest BCUT2D eigenvalue weighted by atomic mass is 32.2. The number of methoxy groups -OCH3 is 1. The van der Waals surface area contributed by atoms with E-state index in [0.717, 1.165) is 11.8 Å². The summed E-state index contributed by atoms with van der Waals surface area (Å²) in [6.45, 7) is 0.711. The zero-order valence-corrected chi connectivity index (χ0v) is 17.6. The largest absolute Gasteiger partial charge is 0.438 e. The number of hydrogen-bond donors (Lipinski definition) is 0. The number of pyridine rings is 1. The van der Waals surface area contributed by atoms with Gasteiger partial charge in [-0.05, 0) is 30.3 Å². The van der Waals surface area contributed by atoms with Gasteiger partial charge >= 0.3 is 0 Å². The van der Waals surface area contributed by atoms with Crippen LogP contribution in [0.5, 0.6) is 11.6 Å². The number of carbonyl (C=O) groups excluding carboxylic acids is 1. The second-order valence-electron chi connectivity index (χ2n) is 6.31. The van der Waals surface area contributed by atoms with Gasteiger partial charge in [0.1, 0.15) is 21.3 Å². The van der Waals surface area contributed by atoms with E-state index in [2.05, 4.69) is 4.98 Å². The molecule has 3 aromatic rings. The van der Waals surface area contributed by atoms with Crippen molar-refractivity contribution < 1.29 is 14.3 Å². The Balaban J connectivity index is 1.81. The first-order chi connectivity index (χ1) is 14.6. The van der Waals surface area contributed by atoms with E-state index < -0.39 is 0 Å². The molecule has 0 radical (unpaired) electrons. The summed E-state index contributed by atoms with van der Waals surface area (Å²) in [4.78, 5) is 32.3. The monoisotopic (exact) mass is 439 g/mol. The number of fused-ring (bicyclic) bond motifs is 1. The van der Waals surface area contributed by atoms with Crippen LogP contribution in [0.1, 0.15) is 5.56 Å². The van der Waals surface area contributed by atoms with Crippen molar-refractivity contribution in [1.82, 2.24) is 14.3 Å². The van der Waals surface area contributed by atoms with Crippen LogP contribution >= 0.6 is 24.0 Å². The average Bonchev–Trinajstić information content (AvgIpc) is 3.02. The lowest BCUT2D eigenvalue weighted by molar-refractivity contribution is -0.122. The van der Waals surface area contributed by atoms with Gasteiger partial charge in [-0.15, -0.1) is 0 Å². The standard InChI is InChI=1S/C21H17N3O4S2/c1-27-12-11-24-20(26)16(30-21(24)29)13-15-18(28-14-7-3-2-4-8-14)22-17-9-5-6-10-23(17)19(15)25/h2-10,13H,11-12H2,1H3/b16-13+. The lowest BCUT2D eigenvalue weighted by Crippen LogP contribution is -2.31. The van der Waals surface area contributed by atoms with E-state index in [-0.39, 0.29) is 22.9 Å². The zero-order chi connectivity index (χ0) is 21.1. The van der Waals surface area contributed by atoms with Gasteiger partial charge in [0.05, 0.1) is 18.1 Å². The summed E-state index contributed by atoms with van der Waals surface area (Å²) < 4.78 is 12.8. The van der Waals surface area contributed by atoms with Gasteiger partial charge in [0.2, 0.25) is 5.88 Å². The predicted molar refractivity (Wildman–Crippen MR) is 120 cm³/mol. The number of amides is 1. The van der Waals surface area contributed by atoms with E-state index in [4.69, 9.17) is 21.7 Å². The minimum atomic E-state index is -0.339. The van der Waals surface area contributed by atoms with Gasteiger partial charge in [-0.25, -0.2) is 0 Å². The summed E-state index contributed by atoms with van der Waals surface area (Å²) >= 11 is 6.45. The lowest BCUT2D eigenvalue weighted by Gasteiger charge is -2.13. The third kappa shape index (κ3) is 4.00. The summed E-state index contributed by atoms with van der Waals surface area (Å²) in [5.41, 5.74) is 0.279. The highest BCUT2D eigenvalue weighted by molar-refractivity contribution is 8.26. The van der Waals surface area contributed by atoms with Crippen molar-refractivity contribution in [2.75, 3.05) is 20.3 Å². The van der Waals surface area contributed by atoms with Gasteiger partial charge in [0, 0.05) is 13.3 Å². The Hall–Kier alpha value is -3.01. The molecule has 1 aliphatic rings. The Morgan fingerprint density at radius 3 is 2.67 bits per heavy atom. The van der Waals surface area contributed by atoms with E-state index >= 15 is 0 Å². The van der Waals surface area contributed by atoms with Crippen molar-refractivity contribution in [3.63, 3.8) is 0 Å². The molecule has 3 heterocycles. The van der Waals surface area contributed by atoms with Crippen LogP contribution in [0.15, 0.2) is 64.4 Å². The molecule has 0 bridgehead atoms. The Morgan fingerprint density at radius 1 is 1.13 bits per heavy atom. The van der Waals surface area contributed by atoms with Crippen LogP contribution < -0.4 is 10.3 Å². The number of thiocarbonyl (C=S) groups is 1. The van der Waals surface area contributed by atoms with Gasteiger partial charge in [-0.3, -0.25) is 18.9 Å². The van der Waals surface area contributed by atoms with Crippen LogP contribution in [0.25, 0.3) is 11.7 Å². The van der Waals surface area contributed by atoms with Crippen LogP contribution in [0.3, 0.4) is 0 Å². The topological polar surface area (TPSA) is 73.1 Å².